The molecule has 0 bridgehead atoms. The fourth-order valence-corrected chi connectivity index (χ4v) is 2.53. The lowest BCUT2D eigenvalue weighted by atomic mass is 10.1. The molecule has 0 radical (unpaired) electrons. The third-order valence-corrected chi connectivity index (χ3v) is 4.01. The molecular weight excluding hydrogens is 350 g/mol. The van der Waals surface area contributed by atoms with Gasteiger partial charge in [-0.15, -0.1) is 0 Å². The van der Waals surface area contributed by atoms with Crippen molar-refractivity contribution in [2.75, 3.05) is 7.11 Å². The first kappa shape index (κ1) is 18.1. The summed E-state index contributed by atoms with van der Waals surface area (Å²) in [5.41, 5.74) is 1.94. The Balaban J connectivity index is 1.69. The lowest BCUT2D eigenvalue weighted by molar-refractivity contribution is -0.385. The fourth-order valence-electron chi connectivity index (χ4n) is 2.53. The standard InChI is InChI=1S/C19H17N3O5/c1-12-6-7-14(9-17(12)22(24)25)19(23)20-11-15-10-18(27-21-15)13-4-3-5-16(8-13)26-2/h3-10H,11H2,1-2H3,(H,20,23). The first-order valence-corrected chi connectivity index (χ1v) is 8.11. The van der Waals surface area contributed by atoms with Gasteiger partial charge in [-0.1, -0.05) is 23.4 Å². The number of hydrogen-bond acceptors (Lipinski definition) is 6. The predicted octanol–water partition coefficient (Wildman–Crippen LogP) is 3.50. The molecule has 0 atom stereocenters. The van der Waals surface area contributed by atoms with Gasteiger partial charge in [0.25, 0.3) is 11.6 Å². The van der Waals surface area contributed by atoms with E-state index in [2.05, 4.69) is 10.5 Å². The highest BCUT2D eigenvalue weighted by Gasteiger charge is 2.15. The van der Waals surface area contributed by atoms with Crippen LogP contribution in [-0.4, -0.2) is 23.1 Å². The minimum absolute atomic E-state index is 0.0932. The number of carbonyl (C=O) groups is 1. The average molecular weight is 367 g/mol. The maximum atomic E-state index is 12.3. The largest absolute Gasteiger partial charge is 0.497 e. The van der Waals surface area contributed by atoms with Gasteiger partial charge in [0.15, 0.2) is 5.76 Å². The molecule has 0 aliphatic heterocycles. The number of aromatic nitrogens is 1. The summed E-state index contributed by atoms with van der Waals surface area (Å²) in [6.07, 6.45) is 0. The van der Waals surface area contributed by atoms with Crippen molar-refractivity contribution in [2.45, 2.75) is 13.5 Å². The van der Waals surface area contributed by atoms with E-state index in [-0.39, 0.29) is 17.8 Å². The molecule has 1 aromatic heterocycles. The first-order valence-electron chi connectivity index (χ1n) is 8.11. The molecule has 0 fully saturated rings. The summed E-state index contributed by atoms with van der Waals surface area (Å²) in [6.45, 7) is 1.75. The minimum Gasteiger partial charge on any atom is -0.497 e. The molecule has 2 aromatic carbocycles. The van der Waals surface area contributed by atoms with Gasteiger partial charge in [0.1, 0.15) is 11.4 Å². The van der Waals surface area contributed by atoms with Crippen molar-refractivity contribution in [3.63, 3.8) is 0 Å². The normalized spacial score (nSPS) is 10.4. The maximum Gasteiger partial charge on any atom is 0.273 e. The molecule has 0 aliphatic carbocycles. The van der Waals surface area contributed by atoms with E-state index in [1.807, 2.05) is 24.3 Å². The zero-order chi connectivity index (χ0) is 19.4. The summed E-state index contributed by atoms with van der Waals surface area (Å²) < 4.78 is 10.5. The minimum atomic E-state index is -0.510. The Morgan fingerprint density at radius 2 is 2.07 bits per heavy atom. The highest BCUT2D eigenvalue weighted by molar-refractivity contribution is 5.94. The fraction of sp³-hybridized carbons (Fsp3) is 0.158. The lowest BCUT2D eigenvalue weighted by Crippen LogP contribution is -2.23. The highest BCUT2D eigenvalue weighted by Crippen LogP contribution is 2.24. The second-order valence-electron chi connectivity index (χ2n) is 5.86. The molecule has 1 amide bonds. The van der Waals surface area contributed by atoms with Gasteiger partial charge in [0.2, 0.25) is 0 Å². The first-order chi connectivity index (χ1) is 13.0. The third-order valence-electron chi connectivity index (χ3n) is 4.01. The number of nitro benzene ring substituents is 1. The quantitative estimate of drug-likeness (QED) is 0.528. The molecule has 8 heteroatoms. The second-order valence-corrected chi connectivity index (χ2v) is 5.86. The Labute approximate surface area is 154 Å². The van der Waals surface area contributed by atoms with Crippen molar-refractivity contribution < 1.29 is 19.0 Å². The zero-order valence-corrected chi connectivity index (χ0v) is 14.8. The SMILES string of the molecule is COc1cccc(-c2cc(CNC(=O)c3ccc(C)c([N+](=O)[O-])c3)no2)c1. The number of rotatable bonds is 6. The molecule has 8 nitrogen and oxygen atoms in total. The van der Waals surface area contributed by atoms with Crippen molar-refractivity contribution in [3.05, 3.63) is 75.5 Å². The summed E-state index contributed by atoms with van der Waals surface area (Å²) in [5.74, 6) is 0.813. The Kier molecular flexibility index (Phi) is 5.16. The van der Waals surface area contributed by atoms with Crippen LogP contribution in [0.3, 0.4) is 0 Å². The molecule has 138 valence electrons. The number of nitro groups is 1. The van der Waals surface area contributed by atoms with Gasteiger partial charge in [-0.05, 0) is 25.1 Å². The van der Waals surface area contributed by atoms with Crippen LogP contribution in [0.1, 0.15) is 21.6 Å². The van der Waals surface area contributed by atoms with Gasteiger partial charge >= 0.3 is 0 Å². The Hall–Kier alpha value is -3.68. The number of hydrogen-bond donors (Lipinski definition) is 1. The van der Waals surface area contributed by atoms with Crippen LogP contribution in [0.5, 0.6) is 5.75 Å². The van der Waals surface area contributed by atoms with Crippen LogP contribution in [0.25, 0.3) is 11.3 Å². The predicted molar refractivity (Wildman–Crippen MR) is 97.5 cm³/mol. The van der Waals surface area contributed by atoms with E-state index < -0.39 is 10.8 Å². The molecule has 3 rings (SSSR count). The van der Waals surface area contributed by atoms with E-state index >= 15 is 0 Å². The summed E-state index contributed by atoms with van der Waals surface area (Å²) in [6, 6.07) is 13.4. The molecule has 0 saturated heterocycles. The van der Waals surface area contributed by atoms with Crippen LogP contribution in [0, 0.1) is 17.0 Å². The van der Waals surface area contributed by atoms with Crippen LogP contribution in [-0.2, 0) is 6.54 Å². The van der Waals surface area contributed by atoms with Crippen LogP contribution in [0.15, 0.2) is 53.1 Å². The summed E-state index contributed by atoms with van der Waals surface area (Å²) in [4.78, 5) is 22.7. The summed E-state index contributed by atoms with van der Waals surface area (Å²) >= 11 is 0. The monoisotopic (exact) mass is 367 g/mol. The van der Waals surface area contributed by atoms with Gasteiger partial charge in [0, 0.05) is 28.8 Å². The van der Waals surface area contributed by atoms with Crippen molar-refractivity contribution >= 4 is 11.6 Å². The molecular formula is C19H17N3O5. The Bertz CT molecular complexity index is 997. The maximum absolute atomic E-state index is 12.3. The van der Waals surface area contributed by atoms with E-state index in [0.29, 0.717) is 22.8 Å². The van der Waals surface area contributed by atoms with E-state index in [0.717, 1.165) is 5.56 Å². The van der Waals surface area contributed by atoms with Gasteiger partial charge in [-0.3, -0.25) is 14.9 Å². The zero-order valence-electron chi connectivity index (χ0n) is 14.8. The molecule has 0 aliphatic rings. The molecule has 1 heterocycles. The Morgan fingerprint density at radius 1 is 1.26 bits per heavy atom. The van der Waals surface area contributed by atoms with Crippen LogP contribution in [0.4, 0.5) is 5.69 Å². The molecule has 0 saturated carbocycles. The molecule has 3 aromatic rings. The van der Waals surface area contributed by atoms with Gasteiger partial charge in [-0.2, -0.15) is 0 Å². The summed E-state index contributed by atoms with van der Waals surface area (Å²) in [7, 11) is 1.58. The number of carbonyl (C=O) groups excluding carboxylic acids is 1. The van der Waals surface area contributed by atoms with Crippen LogP contribution in [0.2, 0.25) is 0 Å². The number of benzene rings is 2. The van der Waals surface area contributed by atoms with Crippen molar-refractivity contribution in [2.24, 2.45) is 0 Å². The number of nitrogens with zero attached hydrogens (tertiary/aromatic N) is 2. The lowest BCUT2D eigenvalue weighted by Gasteiger charge is -2.04. The average Bonchev–Trinajstić information content (AvgIpc) is 3.15. The molecule has 0 unspecified atom stereocenters. The van der Waals surface area contributed by atoms with Crippen molar-refractivity contribution in [3.8, 4) is 17.1 Å². The Morgan fingerprint density at radius 3 is 2.81 bits per heavy atom. The highest BCUT2D eigenvalue weighted by atomic mass is 16.6. The van der Waals surface area contributed by atoms with Gasteiger partial charge < -0.3 is 14.6 Å². The number of nitrogens with one attached hydrogen (secondary N) is 1. The second kappa shape index (κ2) is 7.69. The van der Waals surface area contributed by atoms with Gasteiger partial charge in [-0.25, -0.2) is 0 Å². The third kappa shape index (κ3) is 4.12. The van der Waals surface area contributed by atoms with E-state index in [1.54, 1.807) is 32.2 Å². The van der Waals surface area contributed by atoms with Crippen LogP contribution < -0.4 is 10.1 Å². The van der Waals surface area contributed by atoms with Gasteiger partial charge in [0.05, 0.1) is 18.6 Å². The molecule has 0 spiro atoms. The summed E-state index contributed by atoms with van der Waals surface area (Å²) in [5, 5.41) is 17.6. The smallest absolute Gasteiger partial charge is 0.273 e. The topological polar surface area (TPSA) is 108 Å². The van der Waals surface area contributed by atoms with Crippen LogP contribution >= 0.6 is 0 Å². The number of amides is 1. The van der Waals surface area contributed by atoms with E-state index in [4.69, 9.17) is 9.26 Å². The van der Waals surface area contributed by atoms with Crippen molar-refractivity contribution in [1.29, 1.82) is 0 Å². The van der Waals surface area contributed by atoms with E-state index in [1.165, 1.54) is 6.07 Å². The van der Waals surface area contributed by atoms with Crippen molar-refractivity contribution in [1.82, 2.24) is 10.5 Å². The number of methoxy groups -OCH3 is 1. The number of aryl methyl sites for hydroxylation is 1. The van der Waals surface area contributed by atoms with E-state index in [9.17, 15) is 14.9 Å². The number of ether oxygens (including phenoxy) is 1. The molecule has 27 heavy (non-hydrogen) atoms. The molecule has 1 N–H and O–H groups in total.